The van der Waals surface area contributed by atoms with Gasteiger partial charge in [0.2, 0.25) is 0 Å². The van der Waals surface area contributed by atoms with Gasteiger partial charge < -0.3 is 4.90 Å². The Hall–Kier alpha value is -9.56. The van der Waals surface area contributed by atoms with Gasteiger partial charge in [-0.3, -0.25) is 0 Å². The quantitative estimate of drug-likeness (QED) is 0.132. The van der Waals surface area contributed by atoms with Crippen LogP contribution in [0.25, 0.3) is 66.8 Å². The molecule has 0 saturated heterocycles. The second kappa shape index (κ2) is 21.4. The first-order chi connectivity index (χ1) is 38.0. The predicted molar refractivity (Wildman–Crippen MR) is 326 cm³/mol. The molecule has 1 aliphatic carbocycles. The van der Waals surface area contributed by atoms with E-state index in [4.69, 9.17) is 0 Å². The summed E-state index contributed by atoms with van der Waals surface area (Å²) in [7, 11) is 0. The van der Waals surface area contributed by atoms with E-state index in [1.807, 2.05) is 0 Å². The van der Waals surface area contributed by atoms with Gasteiger partial charge in [0.25, 0.3) is 0 Å². The van der Waals surface area contributed by atoms with Crippen LogP contribution in [0.2, 0.25) is 0 Å². The van der Waals surface area contributed by atoms with Gasteiger partial charge in [-0.1, -0.05) is 267 Å². The molecule has 0 unspecified atom stereocenters. The molecule has 0 amide bonds. The Balaban J connectivity index is 0.000000191. The zero-order valence-corrected chi connectivity index (χ0v) is 43.8. The molecule has 0 atom stereocenters. The van der Waals surface area contributed by atoms with E-state index in [0.29, 0.717) is 0 Å². The third-order valence-electron chi connectivity index (χ3n) is 15.5. The third kappa shape index (κ3) is 9.17. The summed E-state index contributed by atoms with van der Waals surface area (Å²) in [5.74, 6) is 0. The number of aryl methyl sites for hydroxylation is 3. The monoisotopic (exact) mass is 985 g/mol. The van der Waals surface area contributed by atoms with Crippen molar-refractivity contribution >= 4 is 17.1 Å². The van der Waals surface area contributed by atoms with Crippen molar-refractivity contribution in [2.75, 3.05) is 4.90 Å². The highest BCUT2D eigenvalue weighted by molar-refractivity contribution is 5.92. The van der Waals surface area contributed by atoms with Gasteiger partial charge in [0.15, 0.2) is 0 Å². The van der Waals surface area contributed by atoms with E-state index in [0.717, 1.165) is 17.1 Å². The largest absolute Gasteiger partial charge is 0.310 e. The standard InChI is InChI=1S/C50H39N.C26H20/c1-36-17-12-13-26-45(36)46-31-29-41(33-37(46)2)48-28-15-14-27-47(48)40-22-16-25-43(34-40)51(42-23-10-5-11-24-42)44-30-32-49(38-18-6-3-7-19-38)50(35-44)39-20-8-4-9-21-39;1-19-11-10-18-24-25(19)22-16-8-9-17-23(22)26(24,20-12-4-2-5-13-20)21-14-6-3-7-15-21/h3-35H,1-2H3;2-18H,1H3. The SMILES string of the molecule is Cc1cccc2c1-c1ccccc1C2(c1ccccc1)c1ccccc1.Cc1ccccc1-c1ccc(-c2ccccc2-c2cccc(N(c3ccccc3)c3ccc(-c4ccccc4)c(-c4ccccc4)c3)c2)cc1C. The number of hydrogen-bond donors (Lipinski definition) is 0. The first kappa shape index (κ1) is 48.4. The topological polar surface area (TPSA) is 3.24 Å². The average molecular weight is 986 g/mol. The van der Waals surface area contributed by atoms with Crippen LogP contribution < -0.4 is 4.90 Å². The van der Waals surface area contributed by atoms with Crippen molar-refractivity contribution in [2.24, 2.45) is 0 Å². The lowest BCUT2D eigenvalue weighted by molar-refractivity contribution is 0.768. The summed E-state index contributed by atoms with van der Waals surface area (Å²) in [5.41, 5.74) is 27.3. The molecule has 0 N–H and O–H groups in total. The third-order valence-corrected chi connectivity index (χ3v) is 15.5. The minimum atomic E-state index is -0.263. The van der Waals surface area contributed by atoms with Crippen molar-refractivity contribution in [1.82, 2.24) is 0 Å². The number of benzene rings is 12. The van der Waals surface area contributed by atoms with Crippen molar-refractivity contribution < 1.29 is 0 Å². The van der Waals surface area contributed by atoms with E-state index in [1.54, 1.807) is 0 Å². The fourth-order valence-electron chi connectivity index (χ4n) is 11.9. The van der Waals surface area contributed by atoms with Crippen molar-refractivity contribution in [3.05, 3.63) is 342 Å². The van der Waals surface area contributed by atoms with Gasteiger partial charge in [-0.25, -0.2) is 0 Å². The van der Waals surface area contributed by atoms with Gasteiger partial charge in [0, 0.05) is 17.1 Å². The van der Waals surface area contributed by atoms with E-state index < -0.39 is 0 Å². The Morgan fingerprint density at radius 1 is 0.234 bits per heavy atom. The number of para-hydroxylation sites is 1. The minimum Gasteiger partial charge on any atom is -0.310 e. The lowest BCUT2D eigenvalue weighted by atomic mass is 9.67. The fraction of sp³-hybridized carbons (Fsp3) is 0.0526. The fourth-order valence-corrected chi connectivity index (χ4v) is 11.9. The van der Waals surface area contributed by atoms with Crippen molar-refractivity contribution in [3.8, 4) is 66.8 Å². The molecule has 0 radical (unpaired) electrons. The molecule has 12 aromatic carbocycles. The molecule has 1 nitrogen and oxygen atoms in total. The summed E-state index contributed by atoms with van der Waals surface area (Å²) in [5, 5.41) is 0. The van der Waals surface area contributed by atoms with Crippen molar-refractivity contribution in [2.45, 2.75) is 26.2 Å². The summed E-state index contributed by atoms with van der Waals surface area (Å²) >= 11 is 0. The van der Waals surface area contributed by atoms with E-state index in [1.165, 1.54) is 106 Å². The van der Waals surface area contributed by atoms with Crippen LogP contribution in [0, 0.1) is 20.8 Å². The normalized spacial score (nSPS) is 11.9. The van der Waals surface area contributed by atoms with Crippen molar-refractivity contribution in [3.63, 3.8) is 0 Å². The van der Waals surface area contributed by atoms with Crippen LogP contribution in [0.15, 0.2) is 303 Å². The molecule has 0 aromatic heterocycles. The van der Waals surface area contributed by atoms with Crippen LogP contribution >= 0.6 is 0 Å². The second-order valence-corrected chi connectivity index (χ2v) is 20.1. The maximum Gasteiger partial charge on any atom is 0.0713 e. The second-order valence-electron chi connectivity index (χ2n) is 20.1. The Bertz CT molecular complexity index is 3950. The Morgan fingerprint density at radius 3 is 1.27 bits per heavy atom. The Kier molecular flexibility index (Phi) is 13.4. The van der Waals surface area contributed by atoms with Gasteiger partial charge in [-0.15, -0.1) is 0 Å². The first-order valence-electron chi connectivity index (χ1n) is 26.7. The highest BCUT2D eigenvalue weighted by Crippen LogP contribution is 2.57. The molecule has 1 aliphatic rings. The molecule has 0 spiro atoms. The predicted octanol–water partition coefficient (Wildman–Crippen LogP) is 20.5. The zero-order valence-electron chi connectivity index (χ0n) is 43.8. The van der Waals surface area contributed by atoms with E-state index >= 15 is 0 Å². The molecule has 13 rings (SSSR count). The Morgan fingerprint density at radius 2 is 0.649 bits per heavy atom. The molecule has 0 heterocycles. The molecule has 368 valence electrons. The van der Waals surface area contributed by atoms with Gasteiger partial charge in [-0.2, -0.15) is 0 Å². The molecule has 0 saturated carbocycles. The van der Waals surface area contributed by atoms with Crippen LogP contribution in [-0.2, 0) is 5.41 Å². The highest BCUT2D eigenvalue weighted by Gasteiger charge is 2.46. The number of rotatable bonds is 10. The summed E-state index contributed by atoms with van der Waals surface area (Å²) < 4.78 is 0. The van der Waals surface area contributed by atoms with Crippen LogP contribution in [-0.4, -0.2) is 0 Å². The maximum atomic E-state index is 2.37. The smallest absolute Gasteiger partial charge is 0.0713 e. The van der Waals surface area contributed by atoms with Gasteiger partial charge in [0.1, 0.15) is 0 Å². The van der Waals surface area contributed by atoms with Gasteiger partial charge in [0.05, 0.1) is 5.41 Å². The van der Waals surface area contributed by atoms with Crippen LogP contribution in [0.4, 0.5) is 17.1 Å². The molecule has 77 heavy (non-hydrogen) atoms. The molecular formula is C76H59N. The lowest BCUT2D eigenvalue weighted by Gasteiger charge is -2.33. The average Bonchev–Trinajstić information content (AvgIpc) is 4.00. The van der Waals surface area contributed by atoms with Crippen molar-refractivity contribution in [1.29, 1.82) is 0 Å². The van der Waals surface area contributed by atoms with E-state index in [9.17, 15) is 0 Å². The van der Waals surface area contributed by atoms with E-state index in [-0.39, 0.29) is 5.41 Å². The molecule has 0 bridgehead atoms. The molecule has 1 heteroatoms. The molecular weight excluding hydrogens is 927 g/mol. The summed E-state index contributed by atoms with van der Waals surface area (Å²) in [6, 6.07) is 110. The van der Waals surface area contributed by atoms with Gasteiger partial charge in [-0.05, 0) is 163 Å². The maximum absolute atomic E-state index is 2.37. The Labute approximate surface area is 454 Å². The molecule has 0 fully saturated rings. The summed E-state index contributed by atoms with van der Waals surface area (Å²) in [6.45, 7) is 6.63. The summed E-state index contributed by atoms with van der Waals surface area (Å²) in [6.07, 6.45) is 0. The first-order valence-corrected chi connectivity index (χ1v) is 26.7. The number of nitrogens with zero attached hydrogens (tertiary/aromatic N) is 1. The number of anilines is 3. The molecule has 12 aromatic rings. The van der Waals surface area contributed by atoms with E-state index in [2.05, 4.69) is 329 Å². The lowest BCUT2D eigenvalue weighted by Crippen LogP contribution is -2.28. The summed E-state index contributed by atoms with van der Waals surface area (Å²) in [4.78, 5) is 2.37. The van der Waals surface area contributed by atoms with Crippen LogP contribution in [0.3, 0.4) is 0 Å². The minimum absolute atomic E-state index is 0.263. The van der Waals surface area contributed by atoms with Gasteiger partial charge >= 0.3 is 0 Å². The van der Waals surface area contributed by atoms with Crippen LogP contribution in [0.1, 0.15) is 38.9 Å². The number of fused-ring (bicyclic) bond motifs is 3. The van der Waals surface area contributed by atoms with Crippen LogP contribution in [0.5, 0.6) is 0 Å². The highest BCUT2D eigenvalue weighted by atomic mass is 15.1. The number of hydrogen-bond acceptors (Lipinski definition) is 1. The zero-order chi connectivity index (χ0) is 52.1. The molecule has 0 aliphatic heterocycles.